The van der Waals surface area contributed by atoms with Gasteiger partial charge in [0, 0.05) is 12.8 Å². The molecule has 0 aromatic carbocycles. The Bertz CT molecular complexity index is 853. The van der Waals surface area contributed by atoms with Crippen LogP contribution in [-0.4, -0.2) is 41.0 Å². The summed E-state index contributed by atoms with van der Waals surface area (Å²) in [6.45, 7) is 3.66. The van der Waals surface area contributed by atoms with Gasteiger partial charge in [0.25, 0.3) is 0 Å². The Hall–Kier alpha value is -1.47. The fourth-order valence-corrected chi connectivity index (χ4v) is 6.06. The van der Waals surface area contributed by atoms with Crippen LogP contribution in [0.3, 0.4) is 0 Å². The van der Waals surface area contributed by atoms with Crippen molar-refractivity contribution in [3.63, 3.8) is 0 Å². The standard InChI is InChI=1S/C40H75O8P/c1-3-5-7-9-11-13-15-17-18-19-20-21-22-23-25-26-28-30-32-34-39(41)46-36-38(37-47-49(43,44)45)48-40(42)35-33-31-29-27-24-16-14-12-10-8-6-4-2/h11,13,17-18,38H,3-10,12,14-16,19-37H2,1-2H3,(H2,43,44,45)/b13-11+,18-17+/t38-/m1/s1. The Kier molecular flexibility index (Phi) is 35.2. The molecule has 0 aromatic heterocycles. The second-order valence-electron chi connectivity index (χ2n) is 13.6. The zero-order valence-corrected chi connectivity index (χ0v) is 32.5. The number of ether oxygens (including phenoxy) is 2. The minimum absolute atomic E-state index is 0.215. The predicted octanol–water partition coefficient (Wildman–Crippen LogP) is 12.0. The summed E-state index contributed by atoms with van der Waals surface area (Å²) < 4.78 is 26.3. The first-order chi connectivity index (χ1) is 23.8. The summed E-state index contributed by atoms with van der Waals surface area (Å²) >= 11 is 0. The van der Waals surface area contributed by atoms with Crippen LogP contribution >= 0.6 is 7.82 Å². The van der Waals surface area contributed by atoms with Crippen LogP contribution in [-0.2, 0) is 28.2 Å². The Labute approximate surface area is 300 Å². The van der Waals surface area contributed by atoms with E-state index in [1.54, 1.807) is 0 Å². The van der Waals surface area contributed by atoms with Gasteiger partial charge < -0.3 is 19.3 Å². The van der Waals surface area contributed by atoms with Crippen LogP contribution in [0.15, 0.2) is 24.3 Å². The van der Waals surface area contributed by atoms with E-state index < -0.39 is 32.5 Å². The molecular formula is C40H75O8P. The van der Waals surface area contributed by atoms with Gasteiger partial charge in [0.1, 0.15) is 6.61 Å². The van der Waals surface area contributed by atoms with Crippen LogP contribution in [0, 0.1) is 0 Å². The Balaban J connectivity index is 3.89. The van der Waals surface area contributed by atoms with Crippen LogP contribution in [0.2, 0.25) is 0 Å². The number of esters is 2. The second-order valence-corrected chi connectivity index (χ2v) is 14.9. The molecule has 2 N–H and O–H groups in total. The lowest BCUT2D eigenvalue weighted by Gasteiger charge is -2.18. The molecule has 288 valence electrons. The molecule has 0 spiro atoms. The zero-order valence-electron chi connectivity index (χ0n) is 31.6. The number of carbonyl (C=O) groups excluding carboxylic acids is 2. The molecule has 0 bridgehead atoms. The van der Waals surface area contributed by atoms with Crippen LogP contribution in [0.5, 0.6) is 0 Å². The Morgan fingerprint density at radius 1 is 0.531 bits per heavy atom. The number of unbranched alkanes of at least 4 members (excludes halogenated alkanes) is 23. The van der Waals surface area contributed by atoms with E-state index >= 15 is 0 Å². The van der Waals surface area contributed by atoms with E-state index in [1.165, 1.54) is 116 Å². The maximum absolute atomic E-state index is 12.3. The van der Waals surface area contributed by atoms with E-state index in [2.05, 4.69) is 42.7 Å². The molecule has 49 heavy (non-hydrogen) atoms. The number of rotatable bonds is 37. The quantitative estimate of drug-likeness (QED) is 0.0282. The van der Waals surface area contributed by atoms with E-state index in [-0.39, 0.29) is 19.4 Å². The van der Waals surface area contributed by atoms with Crippen molar-refractivity contribution in [2.24, 2.45) is 0 Å². The number of hydrogen-bond acceptors (Lipinski definition) is 6. The molecular weight excluding hydrogens is 639 g/mol. The van der Waals surface area contributed by atoms with E-state index in [1.807, 2.05) is 0 Å². The van der Waals surface area contributed by atoms with Crippen molar-refractivity contribution in [1.82, 2.24) is 0 Å². The van der Waals surface area contributed by atoms with Crippen molar-refractivity contribution in [2.45, 2.75) is 206 Å². The molecule has 0 rings (SSSR count). The molecule has 0 saturated carbocycles. The van der Waals surface area contributed by atoms with Gasteiger partial charge in [-0.25, -0.2) is 4.57 Å². The molecule has 0 fully saturated rings. The summed E-state index contributed by atoms with van der Waals surface area (Å²) in [4.78, 5) is 42.7. The highest BCUT2D eigenvalue weighted by Crippen LogP contribution is 2.36. The van der Waals surface area contributed by atoms with Gasteiger partial charge in [-0.05, 0) is 44.9 Å². The van der Waals surface area contributed by atoms with E-state index in [0.29, 0.717) is 6.42 Å². The molecule has 0 aromatic rings. The number of hydrogen-bond donors (Lipinski definition) is 2. The first-order valence-corrected chi connectivity index (χ1v) is 21.7. The predicted molar refractivity (Wildman–Crippen MR) is 202 cm³/mol. The summed E-state index contributed by atoms with van der Waals surface area (Å²) in [6, 6.07) is 0. The largest absolute Gasteiger partial charge is 0.469 e. The summed E-state index contributed by atoms with van der Waals surface area (Å²) in [6.07, 6.45) is 40.4. The zero-order chi connectivity index (χ0) is 36.1. The molecule has 0 saturated heterocycles. The highest BCUT2D eigenvalue weighted by Gasteiger charge is 2.22. The van der Waals surface area contributed by atoms with Gasteiger partial charge in [-0.2, -0.15) is 0 Å². The van der Waals surface area contributed by atoms with Crippen LogP contribution in [0.1, 0.15) is 200 Å². The summed E-state index contributed by atoms with van der Waals surface area (Å²) in [5.41, 5.74) is 0. The lowest BCUT2D eigenvalue weighted by atomic mass is 10.0. The van der Waals surface area contributed by atoms with Crippen LogP contribution in [0.25, 0.3) is 0 Å². The van der Waals surface area contributed by atoms with Gasteiger partial charge in [0.05, 0.1) is 6.61 Å². The highest BCUT2D eigenvalue weighted by molar-refractivity contribution is 7.46. The normalized spacial score (nSPS) is 12.7. The van der Waals surface area contributed by atoms with Crippen molar-refractivity contribution in [3.05, 3.63) is 24.3 Å². The lowest BCUT2D eigenvalue weighted by Crippen LogP contribution is -2.29. The van der Waals surface area contributed by atoms with Crippen molar-refractivity contribution in [2.75, 3.05) is 13.2 Å². The Morgan fingerprint density at radius 2 is 0.918 bits per heavy atom. The van der Waals surface area contributed by atoms with Gasteiger partial charge >= 0.3 is 19.8 Å². The topological polar surface area (TPSA) is 119 Å². The third-order valence-electron chi connectivity index (χ3n) is 8.72. The average Bonchev–Trinajstić information content (AvgIpc) is 3.07. The van der Waals surface area contributed by atoms with Crippen molar-refractivity contribution in [3.8, 4) is 0 Å². The molecule has 0 heterocycles. The van der Waals surface area contributed by atoms with E-state index in [0.717, 1.165) is 51.4 Å². The van der Waals surface area contributed by atoms with Crippen molar-refractivity contribution in [1.29, 1.82) is 0 Å². The van der Waals surface area contributed by atoms with Gasteiger partial charge in [-0.3, -0.25) is 14.1 Å². The maximum atomic E-state index is 12.3. The fourth-order valence-electron chi connectivity index (χ4n) is 5.70. The molecule has 0 amide bonds. The van der Waals surface area contributed by atoms with Crippen LogP contribution in [0.4, 0.5) is 0 Å². The minimum Gasteiger partial charge on any atom is -0.462 e. The average molecular weight is 715 g/mol. The summed E-state index contributed by atoms with van der Waals surface area (Å²) in [5.74, 6) is -0.883. The monoisotopic (exact) mass is 715 g/mol. The summed E-state index contributed by atoms with van der Waals surface area (Å²) in [5, 5.41) is 0. The van der Waals surface area contributed by atoms with Gasteiger partial charge in [0.15, 0.2) is 6.10 Å². The number of phosphoric ester groups is 1. The molecule has 0 unspecified atom stereocenters. The third kappa shape index (κ3) is 39.2. The molecule has 1 atom stereocenters. The number of phosphoric acid groups is 1. The van der Waals surface area contributed by atoms with E-state index in [9.17, 15) is 14.2 Å². The molecule has 0 aliphatic heterocycles. The second kappa shape index (κ2) is 36.3. The minimum atomic E-state index is -4.75. The number of allylic oxidation sites excluding steroid dienone is 4. The molecule has 0 radical (unpaired) electrons. The molecule has 9 heteroatoms. The van der Waals surface area contributed by atoms with Crippen molar-refractivity contribution >= 4 is 19.8 Å². The molecule has 8 nitrogen and oxygen atoms in total. The van der Waals surface area contributed by atoms with Gasteiger partial charge in [-0.1, -0.05) is 167 Å². The molecule has 0 aliphatic rings. The van der Waals surface area contributed by atoms with Crippen LogP contribution < -0.4 is 0 Å². The fraction of sp³-hybridized carbons (Fsp3) is 0.850. The third-order valence-corrected chi connectivity index (χ3v) is 9.21. The SMILES string of the molecule is CCCCC/C=C/C/C=C/CCCCCCCCCCCC(=O)OC[C@H](COP(=O)(O)O)OC(=O)CCCCCCCCCCCCCC. The maximum Gasteiger partial charge on any atom is 0.469 e. The van der Waals surface area contributed by atoms with E-state index in [4.69, 9.17) is 19.3 Å². The first kappa shape index (κ1) is 47.5. The highest BCUT2D eigenvalue weighted by atomic mass is 31.2. The summed E-state index contributed by atoms with van der Waals surface area (Å²) in [7, 11) is -4.75. The van der Waals surface area contributed by atoms with Crippen molar-refractivity contribution < 1.29 is 37.9 Å². The number of carbonyl (C=O) groups is 2. The van der Waals surface area contributed by atoms with Gasteiger partial charge in [-0.15, -0.1) is 0 Å². The Morgan fingerprint density at radius 3 is 1.39 bits per heavy atom. The lowest BCUT2D eigenvalue weighted by molar-refractivity contribution is -0.161. The molecule has 0 aliphatic carbocycles. The van der Waals surface area contributed by atoms with Gasteiger partial charge in [0.2, 0.25) is 0 Å². The smallest absolute Gasteiger partial charge is 0.462 e. The first-order valence-electron chi connectivity index (χ1n) is 20.1.